The Morgan fingerprint density at radius 2 is 2.12 bits per heavy atom. The maximum Gasteiger partial charge on any atom is 0.212 e. The lowest BCUT2D eigenvalue weighted by molar-refractivity contribution is 0.0966. The molecule has 2 aromatic heterocycles. The topological polar surface area (TPSA) is 84.3 Å². The highest BCUT2D eigenvalue weighted by Gasteiger charge is 2.33. The van der Waals surface area contributed by atoms with E-state index in [4.69, 9.17) is 4.74 Å². The number of fused-ring (bicyclic) bond motifs is 1. The summed E-state index contributed by atoms with van der Waals surface area (Å²) in [4.78, 5) is 21.7. The molecule has 2 N–H and O–H groups in total. The second kappa shape index (κ2) is 6.48. The molecule has 4 rings (SSSR count). The number of aromatic hydroxyl groups is 1. The van der Waals surface area contributed by atoms with Crippen LogP contribution < -0.4 is 10.1 Å². The van der Waals surface area contributed by atoms with E-state index in [0.29, 0.717) is 23.8 Å². The molecule has 0 amide bonds. The van der Waals surface area contributed by atoms with Gasteiger partial charge in [0.25, 0.3) is 0 Å². The number of hydrogen-bond donors (Lipinski definition) is 2. The third kappa shape index (κ3) is 2.75. The first-order chi connectivity index (χ1) is 12.7. The number of carbonyl (C=O) groups excluding carboxylic acids is 1. The fourth-order valence-electron chi connectivity index (χ4n) is 3.26. The number of ketones is 1. The van der Waals surface area contributed by atoms with E-state index in [1.165, 1.54) is 6.07 Å². The van der Waals surface area contributed by atoms with E-state index in [1.807, 2.05) is 12.1 Å². The summed E-state index contributed by atoms with van der Waals surface area (Å²) in [6, 6.07) is 12.0. The van der Waals surface area contributed by atoms with Gasteiger partial charge in [-0.3, -0.25) is 4.79 Å². The number of ether oxygens (including phenoxy) is 1. The number of nitrogens with one attached hydrogen (secondary N) is 1. The van der Waals surface area contributed by atoms with Gasteiger partial charge in [-0.25, -0.2) is 9.97 Å². The number of nitrogens with zero attached hydrogens (tertiary/aromatic N) is 2. The SMILES string of the molecule is COc1ccc(-c2ccnc3c2C(C(=O)c2cccc(O)c2)CN3)cn1. The molecule has 1 aromatic carbocycles. The minimum absolute atomic E-state index is 0.0529. The lowest BCUT2D eigenvalue weighted by atomic mass is 9.88. The van der Waals surface area contributed by atoms with Crippen molar-refractivity contribution < 1.29 is 14.6 Å². The average Bonchev–Trinajstić information content (AvgIpc) is 3.12. The van der Waals surface area contributed by atoms with Crippen LogP contribution in [0.4, 0.5) is 5.82 Å². The highest BCUT2D eigenvalue weighted by atomic mass is 16.5. The van der Waals surface area contributed by atoms with Gasteiger partial charge in [-0.15, -0.1) is 0 Å². The molecule has 6 nitrogen and oxygen atoms in total. The number of rotatable bonds is 4. The maximum absolute atomic E-state index is 13.0. The van der Waals surface area contributed by atoms with Gasteiger partial charge in [-0.05, 0) is 29.8 Å². The molecule has 0 bridgehead atoms. The normalized spacial score (nSPS) is 15.2. The smallest absolute Gasteiger partial charge is 0.212 e. The van der Waals surface area contributed by atoms with Gasteiger partial charge in [0.2, 0.25) is 5.88 Å². The number of phenolic OH excluding ortho intramolecular Hbond substituents is 1. The van der Waals surface area contributed by atoms with Crippen LogP contribution in [0.3, 0.4) is 0 Å². The molecule has 1 aliphatic heterocycles. The largest absolute Gasteiger partial charge is 0.508 e. The van der Waals surface area contributed by atoms with Crippen molar-refractivity contribution >= 4 is 11.6 Å². The number of benzene rings is 1. The minimum Gasteiger partial charge on any atom is -0.508 e. The molecule has 6 heteroatoms. The van der Waals surface area contributed by atoms with Crippen molar-refractivity contribution in [3.05, 3.63) is 66.0 Å². The van der Waals surface area contributed by atoms with Crippen LogP contribution in [0.25, 0.3) is 11.1 Å². The lowest BCUT2D eigenvalue weighted by Crippen LogP contribution is -2.15. The van der Waals surface area contributed by atoms with Crippen molar-refractivity contribution in [1.82, 2.24) is 9.97 Å². The van der Waals surface area contributed by atoms with Crippen molar-refractivity contribution in [3.63, 3.8) is 0 Å². The lowest BCUT2D eigenvalue weighted by Gasteiger charge is -2.14. The van der Waals surface area contributed by atoms with Crippen LogP contribution in [0.15, 0.2) is 54.9 Å². The Morgan fingerprint density at radius 1 is 1.23 bits per heavy atom. The van der Waals surface area contributed by atoms with Crippen LogP contribution in [-0.4, -0.2) is 34.5 Å². The fraction of sp³-hybridized carbons (Fsp3) is 0.150. The van der Waals surface area contributed by atoms with Crippen LogP contribution in [0.2, 0.25) is 0 Å². The number of methoxy groups -OCH3 is 1. The Hall–Kier alpha value is -3.41. The second-order valence-corrected chi connectivity index (χ2v) is 6.06. The summed E-state index contributed by atoms with van der Waals surface area (Å²) in [5.74, 6) is 0.884. The molecular weight excluding hydrogens is 330 g/mol. The van der Waals surface area contributed by atoms with Gasteiger partial charge in [-0.2, -0.15) is 0 Å². The summed E-state index contributed by atoms with van der Waals surface area (Å²) in [6.07, 6.45) is 3.44. The fourth-order valence-corrected chi connectivity index (χ4v) is 3.26. The standard InChI is InChI=1S/C20H17N3O3/c1-26-17-6-5-13(10-22-17)15-7-8-21-20-18(15)16(11-23-20)19(25)12-3-2-4-14(24)9-12/h2-10,16,24H,11H2,1H3,(H,21,23). The van der Waals surface area contributed by atoms with Crippen LogP contribution in [0, 0.1) is 0 Å². The Labute approximate surface area is 150 Å². The molecule has 0 aliphatic carbocycles. The van der Waals surface area contributed by atoms with E-state index < -0.39 is 0 Å². The molecule has 0 spiro atoms. The van der Waals surface area contributed by atoms with Gasteiger partial charge in [0.1, 0.15) is 11.6 Å². The molecule has 26 heavy (non-hydrogen) atoms. The van der Waals surface area contributed by atoms with Crippen molar-refractivity contribution in [2.75, 3.05) is 19.0 Å². The van der Waals surface area contributed by atoms with Gasteiger partial charge in [0, 0.05) is 41.7 Å². The van der Waals surface area contributed by atoms with Crippen LogP contribution in [0.1, 0.15) is 21.8 Å². The van der Waals surface area contributed by atoms with Crippen molar-refractivity contribution in [3.8, 4) is 22.8 Å². The van der Waals surface area contributed by atoms with Gasteiger partial charge in [0.05, 0.1) is 13.0 Å². The van der Waals surface area contributed by atoms with Gasteiger partial charge < -0.3 is 15.2 Å². The zero-order chi connectivity index (χ0) is 18.1. The van der Waals surface area contributed by atoms with E-state index >= 15 is 0 Å². The van der Waals surface area contributed by atoms with E-state index in [0.717, 1.165) is 16.7 Å². The third-order valence-corrected chi connectivity index (χ3v) is 4.52. The first-order valence-corrected chi connectivity index (χ1v) is 8.24. The maximum atomic E-state index is 13.0. The highest BCUT2D eigenvalue weighted by Crippen LogP contribution is 2.39. The number of carbonyl (C=O) groups is 1. The first-order valence-electron chi connectivity index (χ1n) is 8.24. The van der Waals surface area contributed by atoms with E-state index in [-0.39, 0.29) is 17.5 Å². The Balaban J connectivity index is 1.77. The summed E-state index contributed by atoms with van der Waals surface area (Å²) >= 11 is 0. The number of Topliss-reactive ketones (excluding diaryl/α,β-unsaturated/α-hetero) is 1. The van der Waals surface area contributed by atoms with Crippen molar-refractivity contribution in [1.29, 1.82) is 0 Å². The van der Waals surface area contributed by atoms with E-state index in [1.54, 1.807) is 43.8 Å². The number of aromatic nitrogens is 2. The summed E-state index contributed by atoms with van der Waals surface area (Å²) in [6.45, 7) is 0.470. The zero-order valence-electron chi connectivity index (χ0n) is 14.1. The summed E-state index contributed by atoms with van der Waals surface area (Å²) in [5, 5.41) is 12.9. The van der Waals surface area contributed by atoms with Gasteiger partial charge >= 0.3 is 0 Å². The average molecular weight is 347 g/mol. The molecule has 3 heterocycles. The highest BCUT2D eigenvalue weighted by molar-refractivity contribution is 6.04. The quantitative estimate of drug-likeness (QED) is 0.705. The summed E-state index contributed by atoms with van der Waals surface area (Å²) in [5.41, 5.74) is 3.13. The number of hydrogen-bond acceptors (Lipinski definition) is 6. The number of phenols is 1. The van der Waals surface area contributed by atoms with E-state index in [2.05, 4.69) is 15.3 Å². The summed E-state index contributed by atoms with van der Waals surface area (Å²) < 4.78 is 5.11. The molecule has 3 aromatic rings. The summed E-state index contributed by atoms with van der Waals surface area (Å²) in [7, 11) is 1.57. The molecule has 1 unspecified atom stereocenters. The molecule has 1 aliphatic rings. The van der Waals surface area contributed by atoms with Crippen molar-refractivity contribution in [2.45, 2.75) is 5.92 Å². The Bertz CT molecular complexity index is 970. The van der Waals surface area contributed by atoms with Crippen LogP contribution in [0.5, 0.6) is 11.6 Å². The predicted octanol–water partition coefficient (Wildman–Crippen LogP) is 3.25. The van der Waals surface area contributed by atoms with Crippen molar-refractivity contribution in [2.24, 2.45) is 0 Å². The first kappa shape index (κ1) is 16.1. The van der Waals surface area contributed by atoms with Crippen LogP contribution in [-0.2, 0) is 0 Å². The third-order valence-electron chi connectivity index (χ3n) is 4.52. The Morgan fingerprint density at radius 3 is 2.85 bits per heavy atom. The zero-order valence-corrected chi connectivity index (χ0v) is 14.1. The van der Waals surface area contributed by atoms with Crippen LogP contribution >= 0.6 is 0 Å². The molecular formula is C20H17N3O3. The second-order valence-electron chi connectivity index (χ2n) is 6.06. The molecule has 1 atom stereocenters. The monoisotopic (exact) mass is 347 g/mol. The Kier molecular flexibility index (Phi) is 4.01. The predicted molar refractivity (Wildman–Crippen MR) is 97.7 cm³/mol. The molecule has 0 radical (unpaired) electrons. The molecule has 130 valence electrons. The number of pyridine rings is 2. The van der Waals surface area contributed by atoms with Gasteiger partial charge in [0.15, 0.2) is 5.78 Å². The van der Waals surface area contributed by atoms with E-state index in [9.17, 15) is 9.90 Å². The molecule has 0 saturated carbocycles. The number of anilines is 1. The van der Waals surface area contributed by atoms with Gasteiger partial charge in [-0.1, -0.05) is 12.1 Å². The minimum atomic E-state index is -0.377. The molecule has 0 saturated heterocycles. The molecule has 0 fully saturated rings.